The lowest BCUT2D eigenvalue weighted by molar-refractivity contribution is 0.102. The summed E-state index contributed by atoms with van der Waals surface area (Å²) in [4.78, 5) is 12.3. The van der Waals surface area contributed by atoms with E-state index in [0.717, 1.165) is 11.4 Å². The summed E-state index contributed by atoms with van der Waals surface area (Å²) >= 11 is 0. The molecular weight excluding hydrogens is 264 g/mol. The summed E-state index contributed by atoms with van der Waals surface area (Å²) in [6.45, 7) is 1.89. The van der Waals surface area contributed by atoms with E-state index < -0.39 is 0 Å². The van der Waals surface area contributed by atoms with Crippen molar-refractivity contribution >= 4 is 11.7 Å². The minimum Gasteiger partial charge on any atom is -0.324 e. The summed E-state index contributed by atoms with van der Waals surface area (Å²) in [5.41, 5.74) is 2.43. The third-order valence-corrected chi connectivity index (χ3v) is 3.25. The molecule has 5 nitrogen and oxygen atoms in total. The molecule has 1 amide bonds. The molecule has 0 spiro atoms. The van der Waals surface area contributed by atoms with Gasteiger partial charge in [-0.2, -0.15) is 5.10 Å². The van der Waals surface area contributed by atoms with Crippen LogP contribution in [-0.4, -0.2) is 20.3 Å². The molecule has 5 heteroatoms. The molecule has 2 aromatic heterocycles. The second kappa shape index (κ2) is 5.28. The van der Waals surface area contributed by atoms with Gasteiger partial charge >= 0.3 is 0 Å². The van der Waals surface area contributed by atoms with Crippen molar-refractivity contribution in [3.05, 3.63) is 66.1 Å². The van der Waals surface area contributed by atoms with Gasteiger partial charge in [-0.25, -0.2) is 0 Å². The molecule has 2 heterocycles. The first kappa shape index (κ1) is 13.2. The van der Waals surface area contributed by atoms with E-state index in [1.807, 2.05) is 60.3 Å². The molecule has 0 bridgehead atoms. The van der Waals surface area contributed by atoms with Crippen molar-refractivity contribution in [3.8, 4) is 5.69 Å². The van der Waals surface area contributed by atoms with E-state index in [1.165, 1.54) is 0 Å². The number of nitrogens with zero attached hydrogens (tertiary/aromatic N) is 3. The van der Waals surface area contributed by atoms with Crippen molar-refractivity contribution in [1.29, 1.82) is 0 Å². The van der Waals surface area contributed by atoms with Gasteiger partial charge in [0.05, 0.1) is 5.69 Å². The maximum Gasteiger partial charge on any atom is 0.256 e. The van der Waals surface area contributed by atoms with Crippen LogP contribution in [0.3, 0.4) is 0 Å². The molecular formula is C16H16N4O. The van der Waals surface area contributed by atoms with Crippen LogP contribution in [0.1, 0.15) is 16.1 Å². The standard InChI is InChI=1S/C16H16N4O/c1-12-10-15(19(2)18-12)17-16(21)13-6-5-7-14(11-13)20-8-3-4-9-20/h3-11H,1-2H3,(H,17,21). The third-order valence-electron chi connectivity index (χ3n) is 3.25. The summed E-state index contributed by atoms with van der Waals surface area (Å²) in [6.07, 6.45) is 3.89. The maximum atomic E-state index is 12.3. The number of carbonyl (C=O) groups excluding carboxylic acids is 1. The highest BCUT2D eigenvalue weighted by Gasteiger charge is 2.10. The van der Waals surface area contributed by atoms with Gasteiger partial charge in [-0.1, -0.05) is 6.07 Å². The van der Waals surface area contributed by atoms with Crippen molar-refractivity contribution in [2.75, 3.05) is 5.32 Å². The summed E-state index contributed by atoms with van der Waals surface area (Å²) < 4.78 is 3.62. The van der Waals surface area contributed by atoms with E-state index in [1.54, 1.807) is 17.8 Å². The maximum absolute atomic E-state index is 12.3. The molecule has 0 aliphatic carbocycles. The lowest BCUT2D eigenvalue weighted by Crippen LogP contribution is -2.14. The fourth-order valence-corrected chi connectivity index (χ4v) is 2.23. The number of benzene rings is 1. The molecule has 0 atom stereocenters. The Morgan fingerprint density at radius 3 is 2.57 bits per heavy atom. The van der Waals surface area contributed by atoms with Crippen molar-refractivity contribution in [2.24, 2.45) is 7.05 Å². The monoisotopic (exact) mass is 280 g/mol. The van der Waals surface area contributed by atoms with Gasteiger partial charge in [0, 0.05) is 36.8 Å². The molecule has 0 radical (unpaired) electrons. The van der Waals surface area contributed by atoms with Crippen molar-refractivity contribution in [1.82, 2.24) is 14.3 Å². The summed E-state index contributed by atoms with van der Waals surface area (Å²) in [5, 5.41) is 7.09. The van der Waals surface area contributed by atoms with E-state index >= 15 is 0 Å². The molecule has 21 heavy (non-hydrogen) atoms. The van der Waals surface area contributed by atoms with Gasteiger partial charge < -0.3 is 9.88 Å². The second-order valence-corrected chi connectivity index (χ2v) is 4.89. The summed E-state index contributed by atoms with van der Waals surface area (Å²) in [7, 11) is 1.80. The van der Waals surface area contributed by atoms with Gasteiger partial charge in [0.15, 0.2) is 0 Å². The van der Waals surface area contributed by atoms with Crippen LogP contribution in [-0.2, 0) is 7.05 Å². The van der Waals surface area contributed by atoms with Gasteiger partial charge in [0.1, 0.15) is 5.82 Å². The van der Waals surface area contributed by atoms with Crippen molar-refractivity contribution in [2.45, 2.75) is 6.92 Å². The van der Waals surface area contributed by atoms with Crippen LogP contribution in [0.4, 0.5) is 5.82 Å². The van der Waals surface area contributed by atoms with Crippen molar-refractivity contribution in [3.63, 3.8) is 0 Å². The average molecular weight is 280 g/mol. The highest BCUT2D eigenvalue weighted by molar-refractivity contribution is 6.04. The Balaban J connectivity index is 1.85. The van der Waals surface area contributed by atoms with Gasteiger partial charge in [0.2, 0.25) is 0 Å². The number of aromatic nitrogens is 3. The smallest absolute Gasteiger partial charge is 0.256 e. The third kappa shape index (κ3) is 2.72. The summed E-state index contributed by atoms with van der Waals surface area (Å²) in [5.74, 6) is 0.538. The summed E-state index contributed by atoms with van der Waals surface area (Å²) in [6, 6.07) is 13.2. The highest BCUT2D eigenvalue weighted by atomic mass is 16.1. The van der Waals surface area contributed by atoms with E-state index in [9.17, 15) is 4.79 Å². The van der Waals surface area contributed by atoms with Crippen LogP contribution in [0.15, 0.2) is 54.9 Å². The number of hydrogen-bond donors (Lipinski definition) is 1. The van der Waals surface area contributed by atoms with E-state index in [2.05, 4.69) is 10.4 Å². The Hall–Kier alpha value is -2.82. The SMILES string of the molecule is Cc1cc(NC(=O)c2cccc(-n3cccc3)c2)n(C)n1. The van der Waals surface area contributed by atoms with E-state index in [-0.39, 0.29) is 5.91 Å². The predicted molar refractivity (Wildman–Crippen MR) is 81.7 cm³/mol. The Labute approximate surface area is 122 Å². The Bertz CT molecular complexity index is 771. The molecule has 0 aliphatic heterocycles. The van der Waals surface area contributed by atoms with Crippen LogP contribution < -0.4 is 5.32 Å². The first-order valence-electron chi connectivity index (χ1n) is 6.69. The van der Waals surface area contributed by atoms with Gasteiger partial charge in [-0.15, -0.1) is 0 Å². The Morgan fingerprint density at radius 2 is 1.90 bits per heavy atom. The largest absolute Gasteiger partial charge is 0.324 e. The molecule has 0 aliphatic rings. The van der Waals surface area contributed by atoms with Crippen LogP contribution >= 0.6 is 0 Å². The fraction of sp³-hybridized carbons (Fsp3) is 0.125. The minimum atomic E-state index is -0.146. The number of hydrogen-bond acceptors (Lipinski definition) is 2. The number of nitrogens with one attached hydrogen (secondary N) is 1. The highest BCUT2D eigenvalue weighted by Crippen LogP contribution is 2.14. The number of anilines is 1. The number of aryl methyl sites for hydroxylation is 2. The molecule has 106 valence electrons. The Kier molecular flexibility index (Phi) is 3.31. The Morgan fingerprint density at radius 1 is 1.14 bits per heavy atom. The zero-order valence-corrected chi connectivity index (χ0v) is 11.9. The first-order chi connectivity index (χ1) is 10.1. The molecule has 1 N–H and O–H groups in total. The topological polar surface area (TPSA) is 51.9 Å². The normalized spacial score (nSPS) is 10.6. The second-order valence-electron chi connectivity index (χ2n) is 4.89. The van der Waals surface area contributed by atoms with Gasteiger partial charge in [0.25, 0.3) is 5.91 Å². The zero-order valence-electron chi connectivity index (χ0n) is 11.9. The molecule has 0 fully saturated rings. The molecule has 3 aromatic rings. The quantitative estimate of drug-likeness (QED) is 0.802. The lowest BCUT2D eigenvalue weighted by Gasteiger charge is -2.08. The van der Waals surface area contributed by atoms with Crippen LogP contribution in [0.2, 0.25) is 0 Å². The number of rotatable bonds is 3. The number of carbonyl (C=O) groups is 1. The van der Waals surface area contributed by atoms with Crippen LogP contribution in [0.5, 0.6) is 0 Å². The minimum absolute atomic E-state index is 0.146. The average Bonchev–Trinajstić information content (AvgIpc) is 3.09. The molecule has 0 saturated carbocycles. The first-order valence-corrected chi connectivity index (χ1v) is 6.69. The van der Waals surface area contributed by atoms with Crippen molar-refractivity contribution < 1.29 is 4.79 Å². The number of amides is 1. The van der Waals surface area contributed by atoms with E-state index in [0.29, 0.717) is 11.4 Å². The van der Waals surface area contributed by atoms with Crippen LogP contribution in [0, 0.1) is 6.92 Å². The zero-order chi connectivity index (χ0) is 14.8. The van der Waals surface area contributed by atoms with Gasteiger partial charge in [-0.05, 0) is 37.3 Å². The molecule has 0 saturated heterocycles. The molecule has 1 aromatic carbocycles. The fourth-order valence-electron chi connectivity index (χ4n) is 2.23. The molecule has 3 rings (SSSR count). The van der Waals surface area contributed by atoms with E-state index in [4.69, 9.17) is 0 Å². The molecule has 0 unspecified atom stereocenters. The van der Waals surface area contributed by atoms with Crippen LogP contribution in [0.25, 0.3) is 5.69 Å². The predicted octanol–water partition coefficient (Wildman–Crippen LogP) is 2.77. The lowest BCUT2D eigenvalue weighted by atomic mass is 10.2. The van der Waals surface area contributed by atoms with Gasteiger partial charge in [-0.3, -0.25) is 9.48 Å².